The predicted molar refractivity (Wildman–Crippen MR) is 85.7 cm³/mol. The molecule has 4 nitrogen and oxygen atoms in total. The summed E-state index contributed by atoms with van der Waals surface area (Å²) in [6.07, 6.45) is 3.38. The van der Waals surface area contributed by atoms with E-state index in [2.05, 4.69) is 24.1 Å². The lowest BCUT2D eigenvalue weighted by Crippen LogP contribution is -2.27. The summed E-state index contributed by atoms with van der Waals surface area (Å²) in [4.78, 5) is 14.2. The minimum absolute atomic E-state index is 0.152. The number of nitrogens with two attached hydrogens (primary N) is 1. The lowest BCUT2D eigenvalue weighted by atomic mass is 10.2. The fourth-order valence-electron chi connectivity index (χ4n) is 2.28. The van der Waals surface area contributed by atoms with Gasteiger partial charge >= 0.3 is 0 Å². The van der Waals surface area contributed by atoms with Gasteiger partial charge in [-0.25, -0.2) is 4.39 Å². The van der Waals surface area contributed by atoms with Gasteiger partial charge in [0.15, 0.2) is 0 Å². The van der Waals surface area contributed by atoms with Crippen LogP contribution in [0.25, 0.3) is 0 Å². The third-order valence-electron chi connectivity index (χ3n) is 3.22. The first-order chi connectivity index (χ1) is 10.1. The Kier molecular flexibility index (Phi) is 7.75. The molecule has 1 rings (SSSR count). The van der Waals surface area contributed by atoms with Crippen molar-refractivity contribution >= 4 is 17.3 Å². The molecule has 0 aromatic heterocycles. The van der Waals surface area contributed by atoms with E-state index in [9.17, 15) is 9.18 Å². The van der Waals surface area contributed by atoms with Gasteiger partial charge in [-0.05, 0) is 57.1 Å². The topological polar surface area (TPSA) is 58.4 Å². The van der Waals surface area contributed by atoms with Crippen molar-refractivity contribution in [3.63, 3.8) is 0 Å². The first-order valence-corrected chi connectivity index (χ1v) is 7.64. The van der Waals surface area contributed by atoms with Gasteiger partial charge in [-0.1, -0.05) is 13.8 Å². The highest BCUT2D eigenvalue weighted by atomic mass is 19.1. The van der Waals surface area contributed by atoms with Crippen LogP contribution >= 0.6 is 0 Å². The highest BCUT2D eigenvalue weighted by molar-refractivity contribution is 5.91. The standard InChI is InChI=1S/C16H26FN3O/c1-3-9-20(10-4-2)11-5-6-16(21)19-15-12-13(18)7-8-14(15)17/h7-8,12H,3-6,9-11,18H2,1-2H3,(H,19,21). The fraction of sp³-hybridized carbons (Fsp3) is 0.562. The second-order valence-electron chi connectivity index (χ2n) is 5.23. The molecule has 5 heteroatoms. The maximum atomic E-state index is 13.5. The molecule has 0 aliphatic rings. The number of benzene rings is 1. The van der Waals surface area contributed by atoms with Crippen LogP contribution in [0.2, 0.25) is 0 Å². The Morgan fingerprint density at radius 3 is 2.52 bits per heavy atom. The van der Waals surface area contributed by atoms with Crippen molar-refractivity contribution in [1.29, 1.82) is 0 Å². The molecule has 0 fully saturated rings. The molecular weight excluding hydrogens is 269 g/mol. The molecule has 1 amide bonds. The molecule has 1 aromatic rings. The number of hydrogen-bond acceptors (Lipinski definition) is 3. The number of carbonyl (C=O) groups excluding carboxylic acids is 1. The van der Waals surface area contributed by atoms with E-state index in [1.54, 1.807) is 0 Å². The van der Waals surface area contributed by atoms with Crippen LogP contribution < -0.4 is 11.1 Å². The van der Waals surface area contributed by atoms with Crippen LogP contribution in [-0.2, 0) is 4.79 Å². The minimum Gasteiger partial charge on any atom is -0.399 e. The molecule has 0 spiro atoms. The van der Waals surface area contributed by atoms with Crippen LogP contribution in [0, 0.1) is 5.82 Å². The van der Waals surface area contributed by atoms with Crippen LogP contribution in [0.3, 0.4) is 0 Å². The fourth-order valence-corrected chi connectivity index (χ4v) is 2.28. The maximum absolute atomic E-state index is 13.5. The van der Waals surface area contributed by atoms with E-state index in [1.165, 1.54) is 18.2 Å². The number of hydrogen-bond donors (Lipinski definition) is 2. The normalized spacial score (nSPS) is 10.9. The molecule has 1 aromatic carbocycles. The van der Waals surface area contributed by atoms with Crippen LogP contribution in [0.15, 0.2) is 18.2 Å². The molecular formula is C16H26FN3O. The molecule has 0 bridgehead atoms. The summed E-state index contributed by atoms with van der Waals surface area (Å²) in [5.41, 5.74) is 6.17. The zero-order valence-corrected chi connectivity index (χ0v) is 13.0. The third kappa shape index (κ3) is 6.58. The molecule has 0 saturated heterocycles. The first kappa shape index (κ1) is 17.4. The number of anilines is 2. The second kappa shape index (κ2) is 9.34. The molecule has 0 aliphatic carbocycles. The quantitative estimate of drug-likeness (QED) is 0.688. The Balaban J connectivity index is 2.38. The predicted octanol–water partition coefficient (Wildman–Crippen LogP) is 3.25. The van der Waals surface area contributed by atoms with Crippen LogP contribution in [0.4, 0.5) is 15.8 Å². The smallest absolute Gasteiger partial charge is 0.224 e. The summed E-state index contributed by atoms with van der Waals surface area (Å²) in [6.45, 7) is 7.31. The summed E-state index contributed by atoms with van der Waals surface area (Å²) in [7, 11) is 0. The molecule has 0 unspecified atom stereocenters. The Morgan fingerprint density at radius 2 is 1.90 bits per heavy atom. The number of rotatable bonds is 9. The van der Waals surface area contributed by atoms with E-state index in [4.69, 9.17) is 5.73 Å². The minimum atomic E-state index is -0.462. The third-order valence-corrected chi connectivity index (χ3v) is 3.22. The summed E-state index contributed by atoms with van der Waals surface area (Å²) in [5, 5.41) is 2.58. The molecule has 0 aliphatic heterocycles. The largest absolute Gasteiger partial charge is 0.399 e. The number of halogens is 1. The maximum Gasteiger partial charge on any atom is 0.224 e. The number of nitrogens with one attached hydrogen (secondary N) is 1. The van der Waals surface area contributed by atoms with Gasteiger partial charge in [0.25, 0.3) is 0 Å². The van der Waals surface area contributed by atoms with Gasteiger partial charge in [-0.15, -0.1) is 0 Å². The van der Waals surface area contributed by atoms with Gasteiger partial charge in [0.2, 0.25) is 5.91 Å². The lowest BCUT2D eigenvalue weighted by molar-refractivity contribution is -0.116. The van der Waals surface area contributed by atoms with Crippen molar-refractivity contribution in [3.8, 4) is 0 Å². The van der Waals surface area contributed by atoms with Crippen molar-refractivity contribution in [3.05, 3.63) is 24.0 Å². The number of nitrogens with zero attached hydrogens (tertiary/aromatic N) is 1. The Morgan fingerprint density at radius 1 is 1.24 bits per heavy atom. The summed E-state index contributed by atoms with van der Waals surface area (Å²) in [5.74, 6) is -0.636. The molecule has 0 atom stereocenters. The second-order valence-corrected chi connectivity index (χ2v) is 5.23. The molecule has 0 radical (unpaired) electrons. The van der Waals surface area contributed by atoms with Crippen molar-refractivity contribution in [2.24, 2.45) is 0 Å². The van der Waals surface area contributed by atoms with Gasteiger partial charge in [-0.2, -0.15) is 0 Å². The number of amides is 1. The zero-order chi connectivity index (χ0) is 15.7. The monoisotopic (exact) mass is 295 g/mol. The first-order valence-electron chi connectivity index (χ1n) is 7.64. The van der Waals surface area contributed by atoms with E-state index >= 15 is 0 Å². The highest BCUT2D eigenvalue weighted by Gasteiger charge is 2.09. The Labute approximate surface area is 126 Å². The van der Waals surface area contributed by atoms with Gasteiger partial charge in [0.1, 0.15) is 5.82 Å². The number of carbonyl (C=O) groups is 1. The number of nitrogen functional groups attached to an aromatic ring is 1. The van der Waals surface area contributed by atoms with E-state index < -0.39 is 5.82 Å². The van der Waals surface area contributed by atoms with Crippen molar-refractivity contribution < 1.29 is 9.18 Å². The van der Waals surface area contributed by atoms with Gasteiger partial charge in [0, 0.05) is 12.1 Å². The molecule has 0 saturated carbocycles. The van der Waals surface area contributed by atoms with Crippen molar-refractivity contribution in [1.82, 2.24) is 4.90 Å². The van der Waals surface area contributed by atoms with Gasteiger partial charge < -0.3 is 16.0 Å². The van der Waals surface area contributed by atoms with Crippen LogP contribution in [0.5, 0.6) is 0 Å². The Hall–Kier alpha value is -1.62. The SMILES string of the molecule is CCCN(CCC)CCCC(=O)Nc1cc(N)ccc1F. The zero-order valence-electron chi connectivity index (χ0n) is 13.0. The van der Waals surface area contributed by atoms with E-state index in [-0.39, 0.29) is 11.6 Å². The van der Waals surface area contributed by atoms with Gasteiger partial charge in [0.05, 0.1) is 5.69 Å². The average molecular weight is 295 g/mol. The summed E-state index contributed by atoms with van der Waals surface area (Å²) < 4.78 is 13.5. The van der Waals surface area contributed by atoms with Crippen molar-refractivity contribution in [2.45, 2.75) is 39.5 Å². The molecule has 3 N–H and O–H groups in total. The summed E-state index contributed by atoms with van der Waals surface area (Å²) >= 11 is 0. The van der Waals surface area contributed by atoms with Crippen LogP contribution in [-0.4, -0.2) is 30.4 Å². The van der Waals surface area contributed by atoms with E-state index in [1.807, 2.05) is 0 Å². The average Bonchev–Trinajstić information content (AvgIpc) is 2.43. The lowest BCUT2D eigenvalue weighted by Gasteiger charge is -2.20. The molecule has 118 valence electrons. The van der Waals surface area contributed by atoms with Crippen LogP contribution in [0.1, 0.15) is 39.5 Å². The molecule has 21 heavy (non-hydrogen) atoms. The van der Waals surface area contributed by atoms with E-state index in [0.29, 0.717) is 12.1 Å². The Bertz CT molecular complexity index is 445. The van der Waals surface area contributed by atoms with E-state index in [0.717, 1.165) is 38.9 Å². The highest BCUT2D eigenvalue weighted by Crippen LogP contribution is 2.17. The molecule has 0 heterocycles. The van der Waals surface area contributed by atoms with Gasteiger partial charge in [-0.3, -0.25) is 4.79 Å². The van der Waals surface area contributed by atoms with Crippen molar-refractivity contribution in [2.75, 3.05) is 30.7 Å². The summed E-state index contributed by atoms with van der Waals surface area (Å²) in [6, 6.07) is 4.17.